The lowest BCUT2D eigenvalue weighted by Gasteiger charge is -2.13. The summed E-state index contributed by atoms with van der Waals surface area (Å²) < 4.78 is 0. The highest BCUT2D eigenvalue weighted by Gasteiger charge is 2.14. The van der Waals surface area contributed by atoms with Crippen molar-refractivity contribution in [2.75, 3.05) is 13.1 Å². The molecule has 15 heavy (non-hydrogen) atoms. The fourth-order valence-corrected chi connectivity index (χ4v) is 1.08. The summed E-state index contributed by atoms with van der Waals surface area (Å²) >= 11 is 0. The van der Waals surface area contributed by atoms with Crippen LogP contribution in [-0.2, 0) is 9.59 Å². The van der Waals surface area contributed by atoms with Gasteiger partial charge in [-0.2, -0.15) is 0 Å². The van der Waals surface area contributed by atoms with Crippen molar-refractivity contribution >= 4 is 11.9 Å². The Morgan fingerprint density at radius 2 is 2.07 bits per heavy atom. The van der Waals surface area contributed by atoms with E-state index in [9.17, 15) is 9.59 Å². The van der Waals surface area contributed by atoms with Gasteiger partial charge in [-0.15, -0.1) is 0 Å². The minimum atomic E-state index is -0.902. The van der Waals surface area contributed by atoms with Gasteiger partial charge in [0.2, 0.25) is 5.91 Å². The molecule has 0 aliphatic rings. The number of rotatable bonds is 7. The zero-order valence-electron chi connectivity index (χ0n) is 9.32. The van der Waals surface area contributed by atoms with Crippen LogP contribution in [-0.4, -0.2) is 30.1 Å². The molecule has 0 saturated carbocycles. The molecule has 0 radical (unpaired) electrons. The Bertz CT molecular complexity index is 215. The molecule has 0 rings (SSSR count). The molecule has 4 N–H and O–H groups in total. The standard InChI is InChI=1S/C10H20N2O3/c1-3-8(5-11)4-9(13)12-6-7(2)10(14)15/h7-8H,3-6,11H2,1-2H3,(H,12,13)(H,14,15). The molecule has 5 nitrogen and oxygen atoms in total. The molecule has 0 fully saturated rings. The maximum absolute atomic E-state index is 11.3. The van der Waals surface area contributed by atoms with E-state index in [1.165, 1.54) is 0 Å². The second-order valence-electron chi connectivity index (χ2n) is 3.76. The summed E-state index contributed by atoms with van der Waals surface area (Å²) in [6, 6.07) is 0. The van der Waals surface area contributed by atoms with Crippen LogP contribution in [0.25, 0.3) is 0 Å². The highest BCUT2D eigenvalue weighted by Crippen LogP contribution is 2.05. The van der Waals surface area contributed by atoms with E-state index in [4.69, 9.17) is 10.8 Å². The van der Waals surface area contributed by atoms with Crippen molar-refractivity contribution in [1.29, 1.82) is 0 Å². The van der Waals surface area contributed by atoms with Gasteiger partial charge in [-0.05, 0) is 12.5 Å². The first-order valence-electron chi connectivity index (χ1n) is 5.20. The summed E-state index contributed by atoms with van der Waals surface area (Å²) in [6.45, 7) is 4.20. The van der Waals surface area contributed by atoms with Gasteiger partial charge in [-0.1, -0.05) is 20.3 Å². The third kappa shape index (κ3) is 6.06. The third-order valence-electron chi connectivity index (χ3n) is 2.41. The molecular formula is C10H20N2O3. The van der Waals surface area contributed by atoms with E-state index in [1.807, 2.05) is 6.92 Å². The minimum Gasteiger partial charge on any atom is -0.481 e. The number of nitrogens with one attached hydrogen (secondary N) is 1. The molecule has 0 spiro atoms. The largest absolute Gasteiger partial charge is 0.481 e. The molecule has 0 aliphatic carbocycles. The van der Waals surface area contributed by atoms with Gasteiger partial charge in [-0.25, -0.2) is 0 Å². The number of hydrogen-bond donors (Lipinski definition) is 3. The lowest BCUT2D eigenvalue weighted by Crippen LogP contribution is -2.33. The van der Waals surface area contributed by atoms with Crippen molar-refractivity contribution in [3.8, 4) is 0 Å². The maximum atomic E-state index is 11.3. The molecule has 2 unspecified atom stereocenters. The molecule has 0 bridgehead atoms. The van der Waals surface area contributed by atoms with Gasteiger partial charge in [0.25, 0.3) is 0 Å². The van der Waals surface area contributed by atoms with Crippen molar-refractivity contribution in [1.82, 2.24) is 5.32 Å². The molecule has 0 saturated heterocycles. The van der Waals surface area contributed by atoms with E-state index in [0.717, 1.165) is 6.42 Å². The van der Waals surface area contributed by atoms with Crippen molar-refractivity contribution < 1.29 is 14.7 Å². The SMILES string of the molecule is CCC(CN)CC(=O)NCC(C)C(=O)O. The molecular weight excluding hydrogens is 196 g/mol. The summed E-state index contributed by atoms with van der Waals surface area (Å²) in [5.41, 5.74) is 5.46. The monoisotopic (exact) mass is 216 g/mol. The summed E-state index contributed by atoms with van der Waals surface area (Å²) in [5, 5.41) is 11.2. The Morgan fingerprint density at radius 3 is 2.47 bits per heavy atom. The lowest BCUT2D eigenvalue weighted by molar-refractivity contribution is -0.141. The van der Waals surface area contributed by atoms with Gasteiger partial charge in [0.05, 0.1) is 5.92 Å². The first kappa shape index (κ1) is 13.9. The zero-order valence-corrected chi connectivity index (χ0v) is 9.32. The van der Waals surface area contributed by atoms with Gasteiger partial charge in [0.15, 0.2) is 0 Å². The number of carboxylic acid groups (broad SMARTS) is 1. The molecule has 0 aliphatic heterocycles. The average Bonchev–Trinajstić information content (AvgIpc) is 2.22. The number of carboxylic acids is 1. The lowest BCUT2D eigenvalue weighted by atomic mass is 10.0. The Balaban J connectivity index is 3.79. The molecule has 0 aromatic carbocycles. The normalized spacial score (nSPS) is 14.3. The molecule has 0 aromatic rings. The van der Waals surface area contributed by atoms with E-state index >= 15 is 0 Å². The highest BCUT2D eigenvalue weighted by molar-refractivity contribution is 5.77. The smallest absolute Gasteiger partial charge is 0.308 e. The molecule has 88 valence electrons. The predicted octanol–water partition coefficient (Wildman–Crippen LogP) is 0.198. The number of hydrogen-bond acceptors (Lipinski definition) is 3. The fourth-order valence-electron chi connectivity index (χ4n) is 1.08. The van der Waals surface area contributed by atoms with Crippen LogP contribution in [0.1, 0.15) is 26.7 Å². The Labute approximate surface area is 90.0 Å². The fraction of sp³-hybridized carbons (Fsp3) is 0.800. The van der Waals surface area contributed by atoms with Crippen LogP contribution >= 0.6 is 0 Å². The van der Waals surface area contributed by atoms with Crippen LogP contribution in [0.2, 0.25) is 0 Å². The number of carbonyl (C=O) groups is 2. The Kier molecular flexibility index (Phi) is 6.70. The first-order valence-corrected chi connectivity index (χ1v) is 5.20. The van der Waals surface area contributed by atoms with Crippen LogP contribution in [0.3, 0.4) is 0 Å². The number of nitrogens with two attached hydrogens (primary N) is 1. The zero-order chi connectivity index (χ0) is 11.8. The van der Waals surface area contributed by atoms with Crippen LogP contribution in [0.4, 0.5) is 0 Å². The third-order valence-corrected chi connectivity index (χ3v) is 2.41. The van der Waals surface area contributed by atoms with Gasteiger partial charge in [0, 0.05) is 13.0 Å². The summed E-state index contributed by atoms with van der Waals surface area (Å²) in [4.78, 5) is 21.8. The second kappa shape index (κ2) is 7.23. The summed E-state index contributed by atoms with van der Waals surface area (Å²) in [7, 11) is 0. The van der Waals surface area contributed by atoms with Gasteiger partial charge in [0.1, 0.15) is 0 Å². The first-order chi connectivity index (χ1) is 7.01. The summed E-state index contributed by atoms with van der Waals surface area (Å²) in [6.07, 6.45) is 1.23. The molecule has 1 amide bonds. The quantitative estimate of drug-likeness (QED) is 0.566. The molecule has 0 aromatic heterocycles. The summed E-state index contributed by atoms with van der Waals surface area (Å²) in [5.74, 6) is -1.39. The topological polar surface area (TPSA) is 92.4 Å². The molecule has 0 heterocycles. The van der Waals surface area contributed by atoms with Crippen LogP contribution in [0.5, 0.6) is 0 Å². The van der Waals surface area contributed by atoms with Crippen LogP contribution in [0, 0.1) is 11.8 Å². The van der Waals surface area contributed by atoms with Crippen molar-refractivity contribution in [2.24, 2.45) is 17.6 Å². The van der Waals surface area contributed by atoms with Gasteiger partial charge in [-0.3, -0.25) is 9.59 Å². The van der Waals surface area contributed by atoms with E-state index in [1.54, 1.807) is 6.92 Å². The highest BCUT2D eigenvalue weighted by atomic mass is 16.4. The van der Waals surface area contributed by atoms with Crippen LogP contribution < -0.4 is 11.1 Å². The average molecular weight is 216 g/mol. The Morgan fingerprint density at radius 1 is 1.47 bits per heavy atom. The van der Waals surface area contributed by atoms with E-state index in [2.05, 4.69) is 5.32 Å². The van der Waals surface area contributed by atoms with Crippen molar-refractivity contribution in [3.05, 3.63) is 0 Å². The molecule has 5 heteroatoms. The van der Waals surface area contributed by atoms with E-state index < -0.39 is 11.9 Å². The van der Waals surface area contributed by atoms with Crippen molar-refractivity contribution in [3.63, 3.8) is 0 Å². The second-order valence-corrected chi connectivity index (χ2v) is 3.76. The molecule has 2 atom stereocenters. The minimum absolute atomic E-state index is 0.125. The number of carbonyl (C=O) groups excluding carboxylic acids is 1. The van der Waals surface area contributed by atoms with Gasteiger partial charge >= 0.3 is 5.97 Å². The van der Waals surface area contributed by atoms with Crippen molar-refractivity contribution in [2.45, 2.75) is 26.7 Å². The van der Waals surface area contributed by atoms with Gasteiger partial charge < -0.3 is 16.2 Å². The predicted molar refractivity (Wildman–Crippen MR) is 57.3 cm³/mol. The number of aliphatic carboxylic acids is 1. The van der Waals surface area contributed by atoms with E-state index in [-0.39, 0.29) is 18.4 Å². The maximum Gasteiger partial charge on any atom is 0.308 e. The van der Waals surface area contributed by atoms with Crippen LogP contribution in [0.15, 0.2) is 0 Å². The number of amides is 1. The Hall–Kier alpha value is -1.10. The van der Waals surface area contributed by atoms with E-state index in [0.29, 0.717) is 13.0 Å².